The fourth-order valence-corrected chi connectivity index (χ4v) is 4.17. The van der Waals surface area contributed by atoms with Crippen LogP contribution in [-0.4, -0.2) is 44.0 Å². The minimum absolute atomic E-state index is 0.0933. The van der Waals surface area contributed by atoms with E-state index in [9.17, 15) is 18.4 Å². The van der Waals surface area contributed by atoms with Gasteiger partial charge in [-0.05, 0) is 66.2 Å². The van der Waals surface area contributed by atoms with Gasteiger partial charge < -0.3 is 29.0 Å². The summed E-state index contributed by atoms with van der Waals surface area (Å²) in [4.78, 5) is 29.4. The average Bonchev–Trinajstić information content (AvgIpc) is 3.54. The Balaban J connectivity index is 1.23. The van der Waals surface area contributed by atoms with Gasteiger partial charge in [-0.3, -0.25) is 4.79 Å². The van der Waals surface area contributed by atoms with Gasteiger partial charge in [-0.1, -0.05) is 17.8 Å². The number of aliphatic imine (C=N–C) groups is 1. The summed E-state index contributed by atoms with van der Waals surface area (Å²) < 4.78 is 51.8. The quantitative estimate of drug-likeness (QED) is 0.221. The van der Waals surface area contributed by atoms with Crippen LogP contribution in [0.25, 0.3) is 6.08 Å². The predicted octanol–water partition coefficient (Wildman–Crippen LogP) is 5.10. The third-order valence-corrected chi connectivity index (χ3v) is 6.18. The fourth-order valence-electron chi connectivity index (χ4n) is 3.67. The van der Waals surface area contributed by atoms with Crippen LogP contribution in [0.4, 0.5) is 14.5 Å². The summed E-state index contributed by atoms with van der Waals surface area (Å²) in [7, 11) is 1.44. The maximum atomic E-state index is 12.4. The second-order valence-electron chi connectivity index (χ2n) is 8.05. The van der Waals surface area contributed by atoms with Crippen molar-refractivity contribution in [3.8, 4) is 23.0 Å². The summed E-state index contributed by atoms with van der Waals surface area (Å²) in [5, 5.41) is 2.63. The van der Waals surface area contributed by atoms with Gasteiger partial charge in [0.15, 0.2) is 35.3 Å². The molecule has 0 aliphatic carbocycles. The number of anilines is 1. The normalized spacial score (nSPS) is 14.8. The molecule has 0 unspecified atom stereocenters. The zero-order valence-corrected chi connectivity index (χ0v) is 21.1. The SMILES string of the molecule is COc1cc(/C=C2\N=C(c3ccc4c(c3)OCO4)OC2=O)ccc1OCC(=O)Nc1ccc(SC(F)F)cc1. The van der Waals surface area contributed by atoms with E-state index < -0.39 is 17.6 Å². The van der Waals surface area contributed by atoms with Gasteiger partial charge >= 0.3 is 5.97 Å². The highest BCUT2D eigenvalue weighted by Gasteiger charge is 2.26. The van der Waals surface area contributed by atoms with E-state index in [0.29, 0.717) is 56.5 Å². The number of carbonyl (C=O) groups is 2. The second-order valence-corrected chi connectivity index (χ2v) is 9.12. The topological polar surface area (TPSA) is 105 Å². The number of nitrogens with one attached hydrogen (secondary N) is 1. The van der Waals surface area contributed by atoms with Crippen molar-refractivity contribution in [2.75, 3.05) is 25.8 Å². The van der Waals surface area contributed by atoms with E-state index >= 15 is 0 Å². The Morgan fingerprint density at radius 3 is 2.64 bits per heavy atom. The van der Waals surface area contributed by atoms with Gasteiger partial charge in [-0.15, -0.1) is 0 Å². The molecule has 0 radical (unpaired) electrons. The number of fused-ring (bicyclic) bond motifs is 1. The van der Waals surface area contributed by atoms with Crippen LogP contribution in [0.3, 0.4) is 0 Å². The largest absolute Gasteiger partial charge is 0.493 e. The van der Waals surface area contributed by atoms with Gasteiger partial charge in [0.25, 0.3) is 11.7 Å². The van der Waals surface area contributed by atoms with Crippen molar-refractivity contribution < 1.29 is 42.1 Å². The smallest absolute Gasteiger partial charge is 0.363 e. The molecule has 0 saturated heterocycles. The number of ether oxygens (including phenoxy) is 5. The molecule has 0 bridgehead atoms. The number of nitrogens with zero attached hydrogens (tertiary/aromatic N) is 1. The average molecular weight is 555 g/mol. The van der Waals surface area contributed by atoms with Gasteiger partial charge in [0, 0.05) is 16.1 Å². The lowest BCUT2D eigenvalue weighted by Crippen LogP contribution is -2.20. The molecular formula is C27H20F2N2O7S. The van der Waals surface area contributed by atoms with Crippen molar-refractivity contribution in [2.45, 2.75) is 10.7 Å². The number of thioether (sulfide) groups is 1. The van der Waals surface area contributed by atoms with Gasteiger partial charge in [0.1, 0.15) is 0 Å². The number of rotatable bonds is 9. The zero-order valence-electron chi connectivity index (χ0n) is 20.3. The Morgan fingerprint density at radius 2 is 1.87 bits per heavy atom. The summed E-state index contributed by atoms with van der Waals surface area (Å²) >= 11 is 0.421. The van der Waals surface area contributed by atoms with Gasteiger partial charge in [-0.2, -0.15) is 8.78 Å². The molecule has 0 atom stereocenters. The molecule has 3 aromatic rings. The van der Waals surface area contributed by atoms with Crippen LogP contribution in [0.1, 0.15) is 11.1 Å². The Morgan fingerprint density at radius 1 is 1.08 bits per heavy atom. The maximum absolute atomic E-state index is 12.4. The molecule has 0 aromatic heterocycles. The zero-order chi connectivity index (χ0) is 27.4. The lowest BCUT2D eigenvalue weighted by Gasteiger charge is -2.12. The van der Waals surface area contributed by atoms with Crippen LogP contribution in [0, 0.1) is 0 Å². The fraction of sp³-hybridized carbons (Fsp3) is 0.148. The summed E-state index contributed by atoms with van der Waals surface area (Å²) in [5.74, 6) is -1.66. The number of halogens is 2. The molecule has 2 heterocycles. The lowest BCUT2D eigenvalue weighted by molar-refractivity contribution is -0.130. The molecule has 1 amide bonds. The number of methoxy groups -OCH3 is 1. The number of benzene rings is 3. The first kappa shape index (κ1) is 26.0. The van der Waals surface area contributed by atoms with Gasteiger partial charge in [0.2, 0.25) is 12.7 Å². The Hall–Kier alpha value is -4.58. The van der Waals surface area contributed by atoms with Crippen LogP contribution in [-0.2, 0) is 14.3 Å². The number of carbonyl (C=O) groups excluding carboxylic acids is 2. The van der Waals surface area contributed by atoms with E-state index in [1.165, 1.54) is 37.5 Å². The van der Waals surface area contributed by atoms with Gasteiger partial charge in [0.05, 0.1) is 7.11 Å². The number of hydrogen-bond acceptors (Lipinski definition) is 9. The number of cyclic esters (lactones) is 1. The van der Waals surface area contributed by atoms with Crippen molar-refractivity contribution in [2.24, 2.45) is 4.99 Å². The molecule has 0 fully saturated rings. The minimum atomic E-state index is -2.52. The van der Waals surface area contributed by atoms with E-state index in [4.69, 9.17) is 23.7 Å². The van der Waals surface area contributed by atoms with E-state index in [1.54, 1.807) is 36.4 Å². The second kappa shape index (κ2) is 11.4. The Bertz CT molecular complexity index is 1480. The molecule has 39 heavy (non-hydrogen) atoms. The van der Waals surface area contributed by atoms with Crippen LogP contribution in [0.15, 0.2) is 76.2 Å². The van der Waals surface area contributed by atoms with E-state index in [1.807, 2.05) is 0 Å². The Kier molecular flexibility index (Phi) is 7.64. The monoisotopic (exact) mass is 554 g/mol. The molecule has 2 aliphatic rings. The predicted molar refractivity (Wildman–Crippen MR) is 139 cm³/mol. The van der Waals surface area contributed by atoms with Gasteiger partial charge in [-0.25, -0.2) is 9.79 Å². The number of esters is 1. The van der Waals surface area contributed by atoms with Crippen molar-refractivity contribution in [1.82, 2.24) is 0 Å². The molecule has 200 valence electrons. The molecule has 9 nitrogen and oxygen atoms in total. The first-order valence-electron chi connectivity index (χ1n) is 11.5. The highest BCUT2D eigenvalue weighted by molar-refractivity contribution is 7.99. The summed E-state index contributed by atoms with van der Waals surface area (Å²) in [6.07, 6.45) is 1.54. The summed E-state index contributed by atoms with van der Waals surface area (Å²) in [6.45, 7) is -0.194. The molecule has 0 spiro atoms. The Labute approximate surface area is 225 Å². The highest BCUT2D eigenvalue weighted by atomic mass is 32.2. The lowest BCUT2D eigenvalue weighted by atomic mass is 10.1. The first-order chi connectivity index (χ1) is 18.9. The maximum Gasteiger partial charge on any atom is 0.363 e. The van der Waals surface area contributed by atoms with E-state index in [2.05, 4.69) is 10.3 Å². The number of hydrogen-bond donors (Lipinski definition) is 1. The van der Waals surface area contributed by atoms with Crippen LogP contribution in [0.2, 0.25) is 0 Å². The molecule has 3 aromatic carbocycles. The first-order valence-corrected chi connectivity index (χ1v) is 12.3. The van der Waals surface area contributed by atoms with Crippen molar-refractivity contribution >= 4 is 41.3 Å². The van der Waals surface area contributed by atoms with Crippen LogP contribution < -0.4 is 24.3 Å². The molecule has 1 N–H and O–H groups in total. The minimum Gasteiger partial charge on any atom is -0.493 e. The van der Waals surface area contributed by atoms with Crippen molar-refractivity contribution in [1.29, 1.82) is 0 Å². The molecular weight excluding hydrogens is 534 g/mol. The summed E-state index contributed by atoms with van der Waals surface area (Å²) in [6, 6.07) is 16.0. The van der Waals surface area contributed by atoms with Crippen LogP contribution >= 0.6 is 11.8 Å². The summed E-state index contributed by atoms with van der Waals surface area (Å²) in [5.41, 5.74) is 1.70. The number of alkyl halides is 2. The van der Waals surface area contributed by atoms with Crippen molar-refractivity contribution in [3.05, 3.63) is 77.5 Å². The van der Waals surface area contributed by atoms with E-state index in [0.717, 1.165) is 0 Å². The number of amides is 1. The third-order valence-electron chi connectivity index (χ3n) is 5.45. The molecule has 0 saturated carbocycles. The van der Waals surface area contributed by atoms with E-state index in [-0.39, 0.29) is 25.0 Å². The molecule has 12 heteroatoms. The highest BCUT2D eigenvalue weighted by Crippen LogP contribution is 2.34. The van der Waals surface area contributed by atoms with Crippen molar-refractivity contribution in [3.63, 3.8) is 0 Å². The third kappa shape index (κ3) is 6.29. The molecule has 5 rings (SSSR count). The molecule has 2 aliphatic heterocycles. The standard InChI is InChI=1S/C27H20F2N2O7S/c1-34-22-11-15(10-19-26(33)38-25(31-19)16-3-9-21-23(12-16)37-14-36-21)2-8-20(22)35-13-24(32)30-17-4-6-18(7-5-17)39-27(28)29/h2-12,27H,13-14H2,1H3,(H,30,32)/b19-10-. The van der Waals surface area contributed by atoms with Crippen LogP contribution in [0.5, 0.6) is 23.0 Å².